The van der Waals surface area contributed by atoms with Gasteiger partial charge in [-0.2, -0.15) is 0 Å². The van der Waals surface area contributed by atoms with Crippen molar-refractivity contribution in [2.24, 2.45) is 11.3 Å². The molecule has 2 rings (SSSR count). The molecule has 9 nitrogen and oxygen atoms in total. The normalized spacial score (nSPS) is 14.8. The van der Waals surface area contributed by atoms with Crippen LogP contribution in [0, 0.1) is 11.3 Å². The Morgan fingerprint density at radius 3 is 1.89 bits per heavy atom. The fourth-order valence-electron chi connectivity index (χ4n) is 5.21. The lowest BCUT2D eigenvalue weighted by Gasteiger charge is -2.40. The third kappa shape index (κ3) is 9.75. The molecule has 1 unspecified atom stereocenters. The number of carbonyl (C=O) groups is 3. The molecule has 0 saturated carbocycles. The average Bonchev–Trinajstić information content (AvgIpc) is 2.93. The number of hydrogen-bond donors (Lipinski definition) is 3. The van der Waals surface area contributed by atoms with Gasteiger partial charge in [-0.3, -0.25) is 14.4 Å². The number of carbonyl (C=O) groups excluding carboxylic acids is 3. The minimum Gasteiger partial charge on any atom is -0.342 e. The fourth-order valence-corrected chi connectivity index (χ4v) is 6.36. The predicted molar refractivity (Wildman–Crippen MR) is 176 cm³/mol. The van der Waals surface area contributed by atoms with Crippen molar-refractivity contribution >= 4 is 27.7 Å². The molecule has 0 aromatic heterocycles. The highest BCUT2D eigenvalue weighted by Gasteiger charge is 2.41. The monoisotopic (exact) mass is 626 g/mol. The minimum absolute atomic E-state index is 0.119. The molecule has 3 amide bonds. The van der Waals surface area contributed by atoms with Crippen molar-refractivity contribution in [1.82, 2.24) is 20.3 Å². The number of amides is 3. The van der Waals surface area contributed by atoms with Gasteiger partial charge in [-0.1, -0.05) is 115 Å². The Hall–Kier alpha value is -3.50. The lowest BCUT2D eigenvalue weighted by molar-refractivity contribution is -0.140. The standard InChI is InChI=1S/C34H50N4O5S/c1-23(2)27(21-24(3)30(39)37-44(42,43)22-25-17-13-11-14-18-25)38(10)32(41)29(33(4,5)6)36-31(40)28(35-9)34(7,8)26-19-15-12-16-20-26/h11-21,23,27-29,35H,22H2,1-10H3,(H,36,40)(H,37,39)/b24-21+/t27-,28-,29?/m1/s1. The SMILES string of the molecule is CN[C@H](C(=O)NC(C(=O)N(C)[C@H](/C=C(\C)C(=O)NS(=O)(=O)Cc1ccccc1)C(C)C)C(C)(C)C)C(C)(C)c1ccccc1. The summed E-state index contributed by atoms with van der Waals surface area (Å²) in [6.07, 6.45) is 1.60. The smallest absolute Gasteiger partial charge is 0.260 e. The summed E-state index contributed by atoms with van der Waals surface area (Å²) in [5, 5.41) is 6.16. The summed E-state index contributed by atoms with van der Waals surface area (Å²) >= 11 is 0. The average molecular weight is 627 g/mol. The highest BCUT2D eigenvalue weighted by atomic mass is 32.2. The molecule has 44 heavy (non-hydrogen) atoms. The van der Waals surface area contributed by atoms with E-state index in [9.17, 15) is 22.8 Å². The van der Waals surface area contributed by atoms with E-state index in [0.29, 0.717) is 5.56 Å². The molecule has 2 aromatic rings. The van der Waals surface area contributed by atoms with Crippen LogP contribution < -0.4 is 15.4 Å². The third-order valence-corrected chi connectivity index (χ3v) is 9.10. The van der Waals surface area contributed by atoms with E-state index in [2.05, 4.69) is 15.4 Å². The van der Waals surface area contributed by atoms with Gasteiger partial charge in [0.05, 0.1) is 17.8 Å². The van der Waals surface area contributed by atoms with Crippen LogP contribution >= 0.6 is 0 Å². The van der Waals surface area contributed by atoms with E-state index in [0.717, 1.165) is 5.56 Å². The molecule has 0 aliphatic rings. The topological polar surface area (TPSA) is 125 Å². The molecule has 0 bridgehead atoms. The first kappa shape index (κ1) is 36.7. The molecule has 0 aliphatic carbocycles. The first-order valence-corrected chi connectivity index (χ1v) is 16.5. The van der Waals surface area contributed by atoms with E-state index >= 15 is 0 Å². The summed E-state index contributed by atoms with van der Waals surface area (Å²) in [7, 11) is -0.576. The number of nitrogens with one attached hydrogen (secondary N) is 3. The Labute approximate surface area is 263 Å². The zero-order valence-electron chi connectivity index (χ0n) is 27.8. The van der Waals surface area contributed by atoms with Crippen molar-refractivity contribution in [2.75, 3.05) is 14.1 Å². The summed E-state index contributed by atoms with van der Waals surface area (Å²) < 4.78 is 27.4. The van der Waals surface area contributed by atoms with Gasteiger partial charge in [0.1, 0.15) is 6.04 Å². The van der Waals surface area contributed by atoms with Gasteiger partial charge in [-0.15, -0.1) is 0 Å². The number of nitrogens with zero attached hydrogens (tertiary/aromatic N) is 1. The molecule has 0 heterocycles. The molecule has 2 aromatic carbocycles. The van der Waals surface area contributed by atoms with E-state index in [1.54, 1.807) is 50.5 Å². The van der Waals surface area contributed by atoms with Crippen LogP contribution in [0.5, 0.6) is 0 Å². The van der Waals surface area contributed by atoms with Crippen molar-refractivity contribution in [1.29, 1.82) is 0 Å². The minimum atomic E-state index is -3.94. The van der Waals surface area contributed by atoms with Gasteiger partial charge in [0, 0.05) is 18.0 Å². The van der Waals surface area contributed by atoms with Gasteiger partial charge >= 0.3 is 0 Å². The maximum Gasteiger partial charge on any atom is 0.260 e. The van der Waals surface area contributed by atoms with Crippen molar-refractivity contribution in [3.8, 4) is 0 Å². The summed E-state index contributed by atoms with van der Waals surface area (Å²) in [5.41, 5.74) is 0.486. The second-order valence-electron chi connectivity index (χ2n) is 13.3. The zero-order chi connectivity index (χ0) is 33.5. The summed E-state index contributed by atoms with van der Waals surface area (Å²) in [6.45, 7) is 15.0. The Kier molecular flexibility index (Phi) is 12.5. The van der Waals surface area contributed by atoms with E-state index in [4.69, 9.17) is 0 Å². The van der Waals surface area contributed by atoms with E-state index < -0.39 is 44.9 Å². The highest BCUT2D eigenvalue weighted by molar-refractivity contribution is 7.89. The van der Waals surface area contributed by atoms with Gasteiger partial charge in [0.2, 0.25) is 21.8 Å². The van der Waals surface area contributed by atoms with Crippen molar-refractivity contribution in [3.05, 3.63) is 83.4 Å². The van der Waals surface area contributed by atoms with Crippen LogP contribution in [0.3, 0.4) is 0 Å². The van der Waals surface area contributed by atoms with Crippen LogP contribution in [0.15, 0.2) is 72.3 Å². The van der Waals surface area contributed by atoms with Crippen LogP contribution in [-0.2, 0) is 35.6 Å². The first-order chi connectivity index (χ1) is 20.3. The second kappa shape index (κ2) is 15.0. The Morgan fingerprint density at radius 1 is 0.886 bits per heavy atom. The highest BCUT2D eigenvalue weighted by Crippen LogP contribution is 2.29. The van der Waals surface area contributed by atoms with Crippen LogP contribution in [0.4, 0.5) is 0 Å². The van der Waals surface area contributed by atoms with E-state index in [-0.39, 0.29) is 29.1 Å². The lowest BCUT2D eigenvalue weighted by atomic mass is 9.76. The van der Waals surface area contributed by atoms with Gasteiger partial charge in [0.25, 0.3) is 5.91 Å². The van der Waals surface area contributed by atoms with Crippen molar-refractivity contribution in [3.63, 3.8) is 0 Å². The molecular weight excluding hydrogens is 576 g/mol. The number of hydrogen-bond acceptors (Lipinski definition) is 6. The van der Waals surface area contributed by atoms with Crippen molar-refractivity contribution < 1.29 is 22.8 Å². The molecule has 0 aliphatic heterocycles. The predicted octanol–water partition coefficient (Wildman–Crippen LogP) is 4.16. The number of benzene rings is 2. The molecule has 3 atom stereocenters. The Balaban J connectivity index is 2.29. The molecule has 0 fully saturated rings. The van der Waals surface area contributed by atoms with Gasteiger partial charge in [0.15, 0.2) is 0 Å². The quantitative estimate of drug-likeness (QED) is 0.287. The maximum absolute atomic E-state index is 14.1. The summed E-state index contributed by atoms with van der Waals surface area (Å²) in [5.74, 6) is -1.84. The van der Waals surface area contributed by atoms with Crippen LogP contribution in [0.2, 0.25) is 0 Å². The van der Waals surface area contributed by atoms with Gasteiger partial charge < -0.3 is 15.5 Å². The number of sulfonamides is 1. The maximum atomic E-state index is 14.1. The molecule has 3 N–H and O–H groups in total. The zero-order valence-corrected chi connectivity index (χ0v) is 28.6. The molecule has 0 saturated heterocycles. The van der Waals surface area contributed by atoms with Crippen LogP contribution in [0.1, 0.15) is 66.5 Å². The number of likely N-dealkylation sites (N-methyl/N-ethyl adjacent to an activating group) is 2. The fraction of sp³-hybridized carbons (Fsp3) is 0.500. The Morgan fingerprint density at radius 2 is 1.41 bits per heavy atom. The van der Waals surface area contributed by atoms with E-state index in [1.807, 2.05) is 78.8 Å². The van der Waals surface area contributed by atoms with Crippen molar-refractivity contribution in [2.45, 2.75) is 84.7 Å². The number of rotatable bonds is 13. The van der Waals surface area contributed by atoms with Crippen LogP contribution in [0.25, 0.3) is 0 Å². The van der Waals surface area contributed by atoms with Gasteiger partial charge in [-0.25, -0.2) is 13.1 Å². The largest absolute Gasteiger partial charge is 0.342 e. The van der Waals surface area contributed by atoms with Crippen LogP contribution in [-0.4, -0.2) is 63.3 Å². The molecule has 242 valence electrons. The molecule has 0 radical (unpaired) electrons. The molecule has 10 heteroatoms. The molecular formula is C34H50N4O5S. The lowest BCUT2D eigenvalue weighted by Crippen LogP contribution is -2.61. The summed E-state index contributed by atoms with van der Waals surface area (Å²) in [4.78, 5) is 42.2. The third-order valence-electron chi connectivity index (χ3n) is 7.89. The molecule has 0 spiro atoms. The first-order valence-electron chi connectivity index (χ1n) is 14.9. The van der Waals surface area contributed by atoms with E-state index in [1.165, 1.54) is 11.8 Å². The second-order valence-corrected chi connectivity index (χ2v) is 15.0. The Bertz CT molecular complexity index is 1410. The van der Waals surface area contributed by atoms with Gasteiger partial charge in [-0.05, 0) is 36.4 Å². The summed E-state index contributed by atoms with van der Waals surface area (Å²) in [6, 6.07) is 16.3.